The molecule has 1 aliphatic rings. The summed E-state index contributed by atoms with van der Waals surface area (Å²) in [6.07, 6.45) is 1.19. The molecule has 1 aromatic heterocycles. The minimum absolute atomic E-state index is 0.0667. The van der Waals surface area contributed by atoms with Gasteiger partial charge >= 0.3 is 0 Å². The van der Waals surface area contributed by atoms with E-state index in [1.165, 1.54) is 11.3 Å². The van der Waals surface area contributed by atoms with Gasteiger partial charge in [0, 0.05) is 39.2 Å². The van der Waals surface area contributed by atoms with Gasteiger partial charge in [-0.3, -0.25) is 9.59 Å². The van der Waals surface area contributed by atoms with Crippen LogP contribution in [0.1, 0.15) is 46.7 Å². The number of nitrogens with zero attached hydrogens (tertiary/aromatic N) is 2. The van der Waals surface area contributed by atoms with Crippen LogP contribution in [0.3, 0.4) is 0 Å². The summed E-state index contributed by atoms with van der Waals surface area (Å²) in [5, 5.41) is 8.17. The van der Waals surface area contributed by atoms with Gasteiger partial charge in [-0.1, -0.05) is 6.07 Å². The fraction of sp³-hybridized carbons (Fsp3) is 0.522. The molecule has 2 aromatic rings. The third-order valence-corrected chi connectivity index (χ3v) is 6.13. The van der Waals surface area contributed by atoms with Crippen LogP contribution in [0, 0.1) is 0 Å². The fourth-order valence-electron chi connectivity index (χ4n) is 3.40. The van der Waals surface area contributed by atoms with Crippen molar-refractivity contribution in [3.8, 4) is 0 Å². The van der Waals surface area contributed by atoms with Crippen molar-refractivity contribution >= 4 is 34.0 Å². The number of amides is 2. The predicted molar refractivity (Wildman–Crippen MR) is 128 cm³/mol. The SMILES string of the molecule is COCCNC(=O)c1cc(COC(C)C)ccc1NC(=O)c1csc(N2CC[C@H](OC)C2)n1. The van der Waals surface area contributed by atoms with Gasteiger partial charge in [-0.2, -0.15) is 0 Å². The number of hydrogen-bond donors (Lipinski definition) is 2. The quantitative estimate of drug-likeness (QED) is 0.481. The van der Waals surface area contributed by atoms with E-state index in [4.69, 9.17) is 14.2 Å². The van der Waals surface area contributed by atoms with E-state index in [9.17, 15) is 9.59 Å². The molecule has 2 amide bonds. The van der Waals surface area contributed by atoms with E-state index in [-0.39, 0.29) is 24.0 Å². The van der Waals surface area contributed by atoms with Crippen LogP contribution in [-0.4, -0.2) is 69.5 Å². The van der Waals surface area contributed by atoms with Crippen LogP contribution in [0.25, 0.3) is 0 Å². The molecule has 0 aliphatic carbocycles. The molecule has 0 saturated carbocycles. The number of anilines is 2. The molecule has 0 bridgehead atoms. The topological polar surface area (TPSA) is 102 Å². The van der Waals surface area contributed by atoms with Crippen LogP contribution in [0.2, 0.25) is 0 Å². The molecular formula is C23H32N4O5S. The van der Waals surface area contributed by atoms with E-state index in [1.807, 2.05) is 19.9 Å². The number of nitrogens with one attached hydrogen (secondary N) is 2. The van der Waals surface area contributed by atoms with Crippen LogP contribution in [0.4, 0.5) is 10.8 Å². The summed E-state index contributed by atoms with van der Waals surface area (Å²) < 4.78 is 16.1. The molecule has 2 heterocycles. The zero-order valence-electron chi connectivity index (χ0n) is 19.6. The largest absolute Gasteiger partial charge is 0.383 e. The standard InChI is InChI=1S/C23H32N4O5S/c1-15(2)32-13-16-5-6-19(18(11-16)21(28)24-8-10-30-3)25-22(29)20-14-33-23(26-20)27-9-7-17(12-27)31-4/h5-6,11,14-15,17H,7-10,12-13H2,1-4H3,(H,24,28)(H,25,29)/t17-/m0/s1. The van der Waals surface area contributed by atoms with Crippen LogP contribution >= 0.6 is 11.3 Å². The Hall–Kier alpha value is -2.53. The lowest BCUT2D eigenvalue weighted by Crippen LogP contribution is -2.28. The molecule has 1 fully saturated rings. The lowest BCUT2D eigenvalue weighted by Gasteiger charge is -2.14. The van der Waals surface area contributed by atoms with E-state index in [2.05, 4.69) is 20.5 Å². The summed E-state index contributed by atoms with van der Waals surface area (Å²) >= 11 is 1.42. The lowest BCUT2D eigenvalue weighted by atomic mass is 10.1. The van der Waals surface area contributed by atoms with E-state index in [0.29, 0.717) is 36.7 Å². The fourth-order valence-corrected chi connectivity index (χ4v) is 4.24. The Kier molecular flexibility index (Phi) is 9.19. The molecule has 180 valence electrons. The Morgan fingerprint density at radius 2 is 2.09 bits per heavy atom. The van der Waals surface area contributed by atoms with Crippen molar-refractivity contribution in [3.05, 3.63) is 40.4 Å². The summed E-state index contributed by atoms with van der Waals surface area (Å²) in [7, 11) is 3.28. The van der Waals surface area contributed by atoms with Gasteiger partial charge in [0.1, 0.15) is 5.69 Å². The van der Waals surface area contributed by atoms with Gasteiger partial charge in [0.15, 0.2) is 5.13 Å². The number of aromatic nitrogens is 1. The van der Waals surface area contributed by atoms with Gasteiger partial charge in [0.2, 0.25) is 0 Å². The van der Waals surface area contributed by atoms with Gasteiger partial charge in [0.25, 0.3) is 11.8 Å². The molecule has 1 aliphatic heterocycles. The lowest BCUT2D eigenvalue weighted by molar-refractivity contribution is 0.0656. The first kappa shape index (κ1) is 25.1. The Morgan fingerprint density at radius 3 is 2.79 bits per heavy atom. The number of benzene rings is 1. The minimum atomic E-state index is -0.364. The van der Waals surface area contributed by atoms with E-state index in [0.717, 1.165) is 30.2 Å². The molecule has 1 atom stereocenters. The molecule has 0 spiro atoms. The van der Waals surface area contributed by atoms with E-state index in [1.54, 1.807) is 31.7 Å². The second kappa shape index (κ2) is 12.1. The number of ether oxygens (including phenoxy) is 3. The van der Waals surface area contributed by atoms with Crippen LogP contribution in [0.15, 0.2) is 23.6 Å². The third kappa shape index (κ3) is 6.97. The van der Waals surface area contributed by atoms with Gasteiger partial charge in [-0.25, -0.2) is 4.98 Å². The van der Waals surface area contributed by atoms with Crippen molar-refractivity contribution < 1.29 is 23.8 Å². The molecule has 10 heteroatoms. The van der Waals surface area contributed by atoms with Crippen molar-refractivity contribution in [2.75, 3.05) is 50.7 Å². The number of thiazole rings is 1. The van der Waals surface area contributed by atoms with Gasteiger partial charge in [-0.05, 0) is 38.0 Å². The minimum Gasteiger partial charge on any atom is -0.383 e. The average molecular weight is 477 g/mol. The average Bonchev–Trinajstić information content (AvgIpc) is 3.48. The van der Waals surface area contributed by atoms with Gasteiger partial charge in [-0.15, -0.1) is 11.3 Å². The normalized spacial score (nSPS) is 15.8. The van der Waals surface area contributed by atoms with Crippen molar-refractivity contribution in [1.82, 2.24) is 10.3 Å². The number of hydrogen-bond acceptors (Lipinski definition) is 8. The highest BCUT2D eigenvalue weighted by molar-refractivity contribution is 7.14. The molecule has 1 saturated heterocycles. The Bertz CT molecular complexity index is 949. The zero-order valence-corrected chi connectivity index (χ0v) is 20.4. The first-order valence-electron chi connectivity index (χ1n) is 11.0. The van der Waals surface area contributed by atoms with Crippen LogP contribution in [-0.2, 0) is 20.8 Å². The molecular weight excluding hydrogens is 444 g/mol. The third-order valence-electron chi connectivity index (χ3n) is 5.23. The van der Waals surface area contributed by atoms with Crippen molar-refractivity contribution in [2.24, 2.45) is 0 Å². The molecule has 3 rings (SSSR count). The van der Waals surface area contributed by atoms with Crippen molar-refractivity contribution in [1.29, 1.82) is 0 Å². The summed E-state index contributed by atoms with van der Waals surface area (Å²) in [6.45, 7) is 6.64. The summed E-state index contributed by atoms with van der Waals surface area (Å²) in [4.78, 5) is 32.3. The summed E-state index contributed by atoms with van der Waals surface area (Å²) in [6, 6.07) is 5.30. The monoisotopic (exact) mass is 476 g/mol. The highest BCUT2D eigenvalue weighted by Crippen LogP contribution is 2.26. The van der Waals surface area contributed by atoms with E-state index >= 15 is 0 Å². The highest BCUT2D eigenvalue weighted by Gasteiger charge is 2.25. The Labute approximate surface area is 198 Å². The predicted octanol–water partition coefficient (Wildman–Crippen LogP) is 2.92. The number of carbonyl (C=O) groups excluding carboxylic acids is 2. The van der Waals surface area contributed by atoms with Gasteiger partial charge < -0.3 is 29.7 Å². The second-order valence-electron chi connectivity index (χ2n) is 8.05. The van der Waals surface area contributed by atoms with Crippen LogP contribution < -0.4 is 15.5 Å². The first-order chi connectivity index (χ1) is 15.9. The van der Waals surface area contributed by atoms with E-state index < -0.39 is 0 Å². The van der Waals surface area contributed by atoms with Crippen molar-refractivity contribution in [2.45, 2.75) is 39.1 Å². The molecule has 2 N–H and O–H groups in total. The maximum atomic E-state index is 12.9. The summed E-state index contributed by atoms with van der Waals surface area (Å²) in [5.74, 6) is -0.660. The second-order valence-corrected chi connectivity index (χ2v) is 8.89. The molecule has 0 radical (unpaired) electrons. The highest BCUT2D eigenvalue weighted by atomic mass is 32.1. The Balaban J connectivity index is 1.74. The first-order valence-corrected chi connectivity index (χ1v) is 11.9. The van der Waals surface area contributed by atoms with Crippen molar-refractivity contribution in [3.63, 3.8) is 0 Å². The smallest absolute Gasteiger partial charge is 0.275 e. The maximum Gasteiger partial charge on any atom is 0.275 e. The van der Waals surface area contributed by atoms with Crippen LogP contribution in [0.5, 0.6) is 0 Å². The molecule has 9 nitrogen and oxygen atoms in total. The summed E-state index contributed by atoms with van der Waals surface area (Å²) in [5.41, 5.74) is 1.94. The number of rotatable bonds is 11. The number of methoxy groups -OCH3 is 2. The number of carbonyl (C=O) groups is 2. The maximum absolute atomic E-state index is 12.9. The zero-order chi connectivity index (χ0) is 23.8. The van der Waals surface area contributed by atoms with Gasteiger partial charge in [0.05, 0.1) is 36.7 Å². The molecule has 0 unspecified atom stereocenters. The Morgan fingerprint density at radius 1 is 1.27 bits per heavy atom. The molecule has 33 heavy (non-hydrogen) atoms. The molecule has 1 aromatic carbocycles.